The third kappa shape index (κ3) is 4.49. The second kappa shape index (κ2) is 7.85. The molecule has 0 N–H and O–H groups in total. The predicted octanol–water partition coefficient (Wildman–Crippen LogP) is 3.63. The first-order valence-electron chi connectivity index (χ1n) is 7.21. The molecule has 1 saturated carbocycles. The van der Waals surface area contributed by atoms with Crippen molar-refractivity contribution in [2.75, 3.05) is 13.7 Å². The number of nitrogens with zero attached hydrogens (tertiary/aromatic N) is 1. The largest absolute Gasteiger partial charge is 0.497 e. The first-order chi connectivity index (χ1) is 9.81. The van der Waals surface area contributed by atoms with E-state index in [1.807, 2.05) is 36.6 Å². The average molecular weight is 273 g/mol. The number of methoxy groups -OCH3 is 1. The van der Waals surface area contributed by atoms with Gasteiger partial charge in [-0.05, 0) is 55.5 Å². The van der Waals surface area contributed by atoms with Gasteiger partial charge in [0.15, 0.2) is 0 Å². The van der Waals surface area contributed by atoms with E-state index < -0.39 is 0 Å². The molecule has 0 aromatic heterocycles. The smallest absolute Gasteiger partial charge is 0.118 e. The van der Waals surface area contributed by atoms with Gasteiger partial charge in [0.2, 0.25) is 0 Å². The van der Waals surface area contributed by atoms with Crippen LogP contribution in [0.3, 0.4) is 0 Å². The van der Waals surface area contributed by atoms with Crippen molar-refractivity contribution < 1.29 is 9.47 Å². The van der Waals surface area contributed by atoms with Crippen LogP contribution in [0, 0.1) is 0 Å². The van der Waals surface area contributed by atoms with Crippen LogP contribution in [0.15, 0.2) is 41.9 Å². The molecular formula is C17H23NO2. The zero-order valence-electron chi connectivity index (χ0n) is 12.1. The Morgan fingerprint density at radius 2 is 1.90 bits per heavy atom. The maximum Gasteiger partial charge on any atom is 0.118 e. The summed E-state index contributed by atoms with van der Waals surface area (Å²) in [6, 6.07) is 8.41. The van der Waals surface area contributed by atoms with Crippen molar-refractivity contribution in [2.45, 2.75) is 37.8 Å². The fourth-order valence-corrected chi connectivity index (χ4v) is 2.45. The Kier molecular flexibility index (Phi) is 5.81. The maximum atomic E-state index is 5.68. The van der Waals surface area contributed by atoms with E-state index in [0.29, 0.717) is 18.8 Å². The zero-order valence-corrected chi connectivity index (χ0v) is 12.1. The highest BCUT2D eigenvalue weighted by Gasteiger charge is 2.20. The molecule has 1 fully saturated rings. The normalized spacial score (nSPS) is 22.9. The summed E-state index contributed by atoms with van der Waals surface area (Å²) in [5, 5.41) is 0. The van der Waals surface area contributed by atoms with E-state index in [2.05, 4.69) is 11.6 Å². The molecule has 0 aliphatic heterocycles. The van der Waals surface area contributed by atoms with Crippen molar-refractivity contribution in [1.29, 1.82) is 0 Å². The van der Waals surface area contributed by atoms with Crippen molar-refractivity contribution in [2.24, 2.45) is 4.99 Å². The van der Waals surface area contributed by atoms with Crippen LogP contribution in [-0.4, -0.2) is 32.1 Å². The minimum absolute atomic E-state index is 0.389. The lowest BCUT2D eigenvalue weighted by molar-refractivity contribution is 0.0431. The van der Waals surface area contributed by atoms with Gasteiger partial charge in [-0.3, -0.25) is 4.99 Å². The molecule has 3 nitrogen and oxygen atoms in total. The molecule has 1 aliphatic carbocycles. The highest BCUT2D eigenvalue weighted by molar-refractivity contribution is 5.79. The summed E-state index contributed by atoms with van der Waals surface area (Å²) < 4.78 is 10.8. The van der Waals surface area contributed by atoms with E-state index >= 15 is 0 Å². The second-order valence-electron chi connectivity index (χ2n) is 5.10. The molecule has 20 heavy (non-hydrogen) atoms. The highest BCUT2D eigenvalue weighted by atomic mass is 16.5. The number of rotatable bonds is 6. The molecule has 0 unspecified atom stereocenters. The van der Waals surface area contributed by atoms with Crippen LogP contribution < -0.4 is 4.74 Å². The first-order valence-corrected chi connectivity index (χ1v) is 7.21. The third-order valence-electron chi connectivity index (χ3n) is 3.64. The van der Waals surface area contributed by atoms with Crippen molar-refractivity contribution in [3.8, 4) is 5.75 Å². The summed E-state index contributed by atoms with van der Waals surface area (Å²) in [7, 11) is 1.68. The molecule has 0 amide bonds. The molecule has 0 atom stereocenters. The summed E-state index contributed by atoms with van der Waals surface area (Å²) in [5.41, 5.74) is 1.12. The Balaban J connectivity index is 1.79. The van der Waals surface area contributed by atoms with Crippen molar-refractivity contribution >= 4 is 6.21 Å². The Labute approximate surface area is 121 Å². The van der Waals surface area contributed by atoms with Crippen LogP contribution in [0.4, 0.5) is 0 Å². The summed E-state index contributed by atoms with van der Waals surface area (Å²) in [5.74, 6) is 0.877. The van der Waals surface area contributed by atoms with Crippen molar-refractivity contribution in [3.05, 3.63) is 42.5 Å². The molecule has 108 valence electrons. The van der Waals surface area contributed by atoms with Gasteiger partial charge in [-0.25, -0.2) is 0 Å². The third-order valence-corrected chi connectivity index (χ3v) is 3.64. The number of ether oxygens (including phenoxy) is 2. The summed E-state index contributed by atoms with van der Waals surface area (Å²) in [4.78, 5) is 4.68. The fraction of sp³-hybridized carbons (Fsp3) is 0.471. The number of hydrogen-bond donors (Lipinski definition) is 0. The van der Waals surface area contributed by atoms with Gasteiger partial charge in [0, 0.05) is 6.21 Å². The lowest BCUT2D eigenvalue weighted by atomic mass is 9.93. The Morgan fingerprint density at radius 1 is 1.20 bits per heavy atom. The van der Waals surface area contributed by atoms with Crippen molar-refractivity contribution in [1.82, 2.24) is 0 Å². The minimum Gasteiger partial charge on any atom is -0.497 e. The average Bonchev–Trinajstić information content (AvgIpc) is 2.52. The Hall–Kier alpha value is -1.61. The number of hydrogen-bond acceptors (Lipinski definition) is 3. The lowest BCUT2D eigenvalue weighted by Gasteiger charge is -2.25. The molecule has 1 aromatic rings. The van der Waals surface area contributed by atoms with E-state index in [-0.39, 0.29) is 0 Å². The molecule has 1 aromatic carbocycles. The van der Waals surface area contributed by atoms with Gasteiger partial charge >= 0.3 is 0 Å². The predicted molar refractivity (Wildman–Crippen MR) is 82.8 cm³/mol. The number of benzene rings is 1. The van der Waals surface area contributed by atoms with Crippen LogP contribution in [0.1, 0.15) is 31.2 Å². The monoisotopic (exact) mass is 273 g/mol. The van der Waals surface area contributed by atoms with Crippen LogP contribution in [0.25, 0.3) is 0 Å². The topological polar surface area (TPSA) is 30.8 Å². The standard InChI is InChI=1S/C17H23NO2/c1-3-12-20-17-10-6-15(7-11-17)18-13-14-4-8-16(19-2)9-5-14/h3-5,8-9,13,15,17H,1,6-7,10-12H2,2H3/b18-13-. The highest BCUT2D eigenvalue weighted by Crippen LogP contribution is 2.23. The molecule has 2 rings (SSSR count). The molecule has 0 radical (unpaired) electrons. The van der Waals surface area contributed by atoms with E-state index in [0.717, 1.165) is 37.0 Å². The fourth-order valence-electron chi connectivity index (χ4n) is 2.45. The Bertz CT molecular complexity index is 431. The molecule has 0 saturated heterocycles. The second-order valence-corrected chi connectivity index (χ2v) is 5.10. The van der Waals surface area contributed by atoms with E-state index in [4.69, 9.17) is 9.47 Å². The van der Waals surface area contributed by atoms with E-state index in [1.54, 1.807) is 7.11 Å². The molecule has 1 aliphatic rings. The van der Waals surface area contributed by atoms with Gasteiger partial charge in [0.05, 0.1) is 25.9 Å². The Morgan fingerprint density at radius 3 is 2.50 bits per heavy atom. The summed E-state index contributed by atoms with van der Waals surface area (Å²) in [6.07, 6.45) is 8.57. The molecular weight excluding hydrogens is 250 g/mol. The summed E-state index contributed by atoms with van der Waals surface area (Å²) in [6.45, 7) is 4.34. The van der Waals surface area contributed by atoms with Gasteiger partial charge in [0.1, 0.15) is 5.75 Å². The molecule has 0 heterocycles. The zero-order chi connectivity index (χ0) is 14.2. The van der Waals surface area contributed by atoms with Crippen LogP contribution in [0.2, 0.25) is 0 Å². The minimum atomic E-state index is 0.389. The maximum absolute atomic E-state index is 5.68. The number of aliphatic imine (C=N–C) groups is 1. The lowest BCUT2D eigenvalue weighted by Crippen LogP contribution is -2.23. The summed E-state index contributed by atoms with van der Waals surface area (Å²) >= 11 is 0. The molecule has 0 spiro atoms. The van der Waals surface area contributed by atoms with Gasteiger partial charge in [-0.15, -0.1) is 6.58 Å². The van der Waals surface area contributed by atoms with Gasteiger partial charge < -0.3 is 9.47 Å². The van der Waals surface area contributed by atoms with Gasteiger partial charge in [-0.1, -0.05) is 6.08 Å². The van der Waals surface area contributed by atoms with Crippen LogP contribution in [-0.2, 0) is 4.74 Å². The molecule has 0 bridgehead atoms. The van der Waals surface area contributed by atoms with Gasteiger partial charge in [0.25, 0.3) is 0 Å². The SMILES string of the molecule is C=CCOC1CCC(/N=C\c2ccc(OC)cc2)CC1. The van der Waals surface area contributed by atoms with E-state index in [9.17, 15) is 0 Å². The van der Waals surface area contributed by atoms with Crippen molar-refractivity contribution in [3.63, 3.8) is 0 Å². The quantitative estimate of drug-likeness (QED) is 0.585. The van der Waals surface area contributed by atoms with Crippen LogP contribution in [0.5, 0.6) is 5.75 Å². The van der Waals surface area contributed by atoms with Gasteiger partial charge in [-0.2, -0.15) is 0 Å². The first kappa shape index (κ1) is 14.8. The van der Waals surface area contributed by atoms with Crippen LogP contribution >= 0.6 is 0 Å². The molecule has 3 heteroatoms. The van der Waals surface area contributed by atoms with E-state index in [1.165, 1.54) is 0 Å².